The Morgan fingerprint density at radius 1 is 0.913 bits per heavy atom. The molecule has 4 rings (SSSR count). The third-order valence-electron chi connectivity index (χ3n) is 8.71. The van der Waals surface area contributed by atoms with Gasteiger partial charge < -0.3 is 25.4 Å². The number of carbonyl (C=O) groups excluding carboxylic acids is 3. The van der Waals surface area contributed by atoms with E-state index in [1.807, 2.05) is 107 Å². The van der Waals surface area contributed by atoms with Gasteiger partial charge in [0.15, 0.2) is 12.4 Å². The van der Waals surface area contributed by atoms with Gasteiger partial charge in [0.2, 0.25) is 0 Å². The van der Waals surface area contributed by atoms with E-state index in [0.717, 1.165) is 28.7 Å². The molecule has 0 aliphatic carbocycles. The highest BCUT2D eigenvalue weighted by atomic mass is 16.5. The number of hydrogen-bond acceptors (Lipinski definition) is 5. The standard InChI is InChI=1S/C38H49N3O5/c1-26(2)36(41-20-12-19-39-38(41)45)34(43)24-31(21-29-15-7-5-8-16-29)23-33(42)32(22-30-17-9-6-10-18-30)40-35(44)25-46-37-27(3)13-11-14-28(37)4/h5-11,13-18,26,31-33,36,42H,12,19-25H2,1-4H3,(H,39,45)(H,40,44)/t31-,32-,33-,36-/m0/s1. The van der Waals surface area contributed by atoms with Gasteiger partial charge in [0, 0.05) is 19.5 Å². The number of aliphatic hydroxyl groups excluding tert-OH is 1. The van der Waals surface area contributed by atoms with Crippen molar-refractivity contribution >= 4 is 17.7 Å². The van der Waals surface area contributed by atoms with Crippen LogP contribution < -0.4 is 15.4 Å². The van der Waals surface area contributed by atoms with E-state index in [0.29, 0.717) is 38.1 Å². The number of nitrogens with zero attached hydrogens (tertiary/aromatic N) is 1. The van der Waals surface area contributed by atoms with Gasteiger partial charge in [-0.3, -0.25) is 9.59 Å². The molecule has 4 atom stereocenters. The second-order valence-electron chi connectivity index (χ2n) is 12.9. The van der Waals surface area contributed by atoms with E-state index in [1.165, 1.54) is 0 Å². The molecule has 3 aromatic carbocycles. The molecule has 0 aromatic heterocycles. The molecular weight excluding hydrogens is 578 g/mol. The average Bonchev–Trinajstić information content (AvgIpc) is 3.02. The number of benzene rings is 3. The summed E-state index contributed by atoms with van der Waals surface area (Å²) in [6.07, 6.45) is 1.38. The first kappa shape index (κ1) is 34.7. The minimum absolute atomic E-state index is 0.00849. The Morgan fingerprint density at radius 2 is 1.52 bits per heavy atom. The number of rotatable bonds is 16. The molecule has 1 fully saturated rings. The number of Topliss-reactive ketones (excluding diaryl/α,β-unsaturated/α-hetero) is 1. The predicted molar refractivity (Wildman–Crippen MR) is 181 cm³/mol. The molecule has 0 unspecified atom stereocenters. The number of ketones is 1. The smallest absolute Gasteiger partial charge is 0.318 e. The van der Waals surface area contributed by atoms with Crippen LogP contribution in [0.2, 0.25) is 0 Å². The number of urea groups is 1. The molecule has 1 saturated heterocycles. The normalized spacial score (nSPS) is 15.9. The monoisotopic (exact) mass is 627 g/mol. The zero-order chi connectivity index (χ0) is 33.1. The number of aryl methyl sites for hydroxylation is 2. The Hall–Kier alpha value is -4.17. The summed E-state index contributed by atoms with van der Waals surface area (Å²) >= 11 is 0. The number of nitrogens with one attached hydrogen (secondary N) is 2. The largest absolute Gasteiger partial charge is 0.483 e. The first-order valence-electron chi connectivity index (χ1n) is 16.4. The van der Waals surface area contributed by atoms with Gasteiger partial charge >= 0.3 is 6.03 Å². The van der Waals surface area contributed by atoms with Crippen LogP contribution in [-0.4, -0.2) is 65.6 Å². The second kappa shape index (κ2) is 16.9. The van der Waals surface area contributed by atoms with Crippen molar-refractivity contribution in [3.05, 3.63) is 101 Å². The fourth-order valence-electron chi connectivity index (χ4n) is 6.48. The molecule has 3 N–H and O–H groups in total. The maximum Gasteiger partial charge on any atom is 0.318 e. The van der Waals surface area contributed by atoms with E-state index in [9.17, 15) is 19.5 Å². The lowest BCUT2D eigenvalue weighted by atomic mass is 9.83. The van der Waals surface area contributed by atoms with Crippen molar-refractivity contribution in [2.75, 3.05) is 19.7 Å². The predicted octanol–water partition coefficient (Wildman–Crippen LogP) is 5.42. The van der Waals surface area contributed by atoms with Crippen molar-refractivity contribution in [1.82, 2.24) is 15.5 Å². The highest BCUT2D eigenvalue weighted by Crippen LogP contribution is 2.26. The SMILES string of the molecule is Cc1cccc(C)c1OCC(=O)N[C@@H](Cc1ccccc1)[C@@H](O)C[C@@H](CC(=O)[C@H](C(C)C)N1CCCNC1=O)Cc1ccccc1. The molecule has 0 radical (unpaired) electrons. The molecule has 1 heterocycles. The van der Waals surface area contributed by atoms with Crippen LogP contribution in [0.15, 0.2) is 78.9 Å². The van der Waals surface area contributed by atoms with Crippen LogP contribution in [0.3, 0.4) is 0 Å². The van der Waals surface area contributed by atoms with Gasteiger partial charge in [-0.1, -0.05) is 92.7 Å². The number of hydrogen-bond donors (Lipinski definition) is 3. The Morgan fingerprint density at radius 3 is 2.11 bits per heavy atom. The summed E-state index contributed by atoms with van der Waals surface area (Å²) in [5.74, 6) is 0.0853. The summed E-state index contributed by atoms with van der Waals surface area (Å²) in [5, 5.41) is 17.7. The van der Waals surface area contributed by atoms with Crippen LogP contribution in [0.5, 0.6) is 5.75 Å². The van der Waals surface area contributed by atoms with Crippen LogP contribution in [-0.2, 0) is 22.4 Å². The van der Waals surface area contributed by atoms with E-state index in [1.54, 1.807) is 4.90 Å². The molecule has 8 heteroatoms. The Labute approximate surface area is 273 Å². The molecule has 1 aliphatic heterocycles. The van der Waals surface area contributed by atoms with Crippen LogP contribution >= 0.6 is 0 Å². The molecular formula is C38H49N3O5. The Kier molecular flexibility index (Phi) is 12.8. The summed E-state index contributed by atoms with van der Waals surface area (Å²) in [6.45, 7) is 8.80. The lowest BCUT2D eigenvalue weighted by Crippen LogP contribution is -2.55. The number of ether oxygens (including phenoxy) is 1. The summed E-state index contributed by atoms with van der Waals surface area (Å²) in [6, 6.07) is 24.2. The zero-order valence-corrected chi connectivity index (χ0v) is 27.6. The summed E-state index contributed by atoms with van der Waals surface area (Å²) in [5.41, 5.74) is 3.94. The third kappa shape index (κ3) is 9.91. The molecule has 0 spiro atoms. The second-order valence-corrected chi connectivity index (χ2v) is 12.9. The topological polar surface area (TPSA) is 108 Å². The van der Waals surface area contributed by atoms with E-state index < -0.39 is 18.2 Å². The fraction of sp³-hybridized carbons (Fsp3) is 0.447. The molecule has 3 aromatic rings. The maximum atomic E-state index is 13.9. The number of amides is 3. The first-order valence-corrected chi connectivity index (χ1v) is 16.4. The van der Waals surface area contributed by atoms with Crippen LogP contribution in [0.1, 0.15) is 55.4 Å². The van der Waals surface area contributed by atoms with Gasteiger partial charge in [0.05, 0.1) is 18.2 Å². The van der Waals surface area contributed by atoms with Crippen molar-refractivity contribution in [3.8, 4) is 5.75 Å². The van der Waals surface area contributed by atoms with Gasteiger partial charge in [-0.2, -0.15) is 0 Å². The highest BCUT2D eigenvalue weighted by molar-refractivity contribution is 5.89. The lowest BCUT2D eigenvalue weighted by Gasteiger charge is -2.37. The van der Waals surface area contributed by atoms with Gasteiger partial charge in [-0.05, 0) is 73.6 Å². The summed E-state index contributed by atoms with van der Waals surface area (Å²) in [7, 11) is 0. The van der Waals surface area contributed by atoms with Crippen molar-refractivity contribution in [3.63, 3.8) is 0 Å². The highest BCUT2D eigenvalue weighted by Gasteiger charge is 2.35. The van der Waals surface area contributed by atoms with Crippen LogP contribution in [0.25, 0.3) is 0 Å². The van der Waals surface area contributed by atoms with Gasteiger partial charge in [0.1, 0.15) is 5.75 Å². The van der Waals surface area contributed by atoms with E-state index in [2.05, 4.69) is 10.6 Å². The molecule has 1 aliphatic rings. The van der Waals surface area contributed by atoms with Crippen molar-refractivity contribution in [2.45, 2.75) is 78.0 Å². The number of para-hydroxylation sites is 1. The van der Waals surface area contributed by atoms with E-state index >= 15 is 0 Å². The molecule has 46 heavy (non-hydrogen) atoms. The number of carbonyl (C=O) groups is 3. The van der Waals surface area contributed by atoms with Crippen molar-refractivity contribution < 1.29 is 24.2 Å². The van der Waals surface area contributed by atoms with Crippen LogP contribution in [0.4, 0.5) is 4.79 Å². The minimum Gasteiger partial charge on any atom is -0.483 e. The lowest BCUT2D eigenvalue weighted by molar-refractivity contribution is -0.127. The molecule has 0 bridgehead atoms. The summed E-state index contributed by atoms with van der Waals surface area (Å²) in [4.78, 5) is 41.5. The van der Waals surface area contributed by atoms with Crippen molar-refractivity contribution in [1.29, 1.82) is 0 Å². The maximum absolute atomic E-state index is 13.9. The molecule has 8 nitrogen and oxygen atoms in total. The van der Waals surface area contributed by atoms with E-state index in [-0.39, 0.29) is 42.6 Å². The minimum atomic E-state index is -0.929. The Balaban J connectivity index is 1.52. The zero-order valence-electron chi connectivity index (χ0n) is 27.6. The molecule has 0 saturated carbocycles. The van der Waals surface area contributed by atoms with Gasteiger partial charge in [-0.25, -0.2) is 4.79 Å². The molecule has 246 valence electrons. The van der Waals surface area contributed by atoms with E-state index in [4.69, 9.17) is 4.74 Å². The van der Waals surface area contributed by atoms with Crippen LogP contribution in [0, 0.1) is 25.7 Å². The van der Waals surface area contributed by atoms with Crippen molar-refractivity contribution in [2.24, 2.45) is 11.8 Å². The first-order chi connectivity index (χ1) is 22.1. The van der Waals surface area contributed by atoms with Gasteiger partial charge in [0.25, 0.3) is 5.91 Å². The number of aliphatic hydroxyl groups is 1. The summed E-state index contributed by atoms with van der Waals surface area (Å²) < 4.78 is 5.91. The average molecular weight is 628 g/mol. The third-order valence-corrected chi connectivity index (χ3v) is 8.71. The Bertz CT molecular complexity index is 1410. The quantitative estimate of drug-likeness (QED) is 0.197. The molecule has 3 amide bonds. The van der Waals surface area contributed by atoms with Gasteiger partial charge in [-0.15, -0.1) is 0 Å². The fourth-order valence-corrected chi connectivity index (χ4v) is 6.48.